The molecule has 1 rings (SSSR count). The van der Waals surface area contributed by atoms with Crippen molar-refractivity contribution in [2.24, 2.45) is 0 Å². The monoisotopic (exact) mass is 254 g/mol. The Morgan fingerprint density at radius 2 is 1.94 bits per heavy atom. The zero-order valence-electron chi connectivity index (χ0n) is 12.1. The van der Waals surface area contributed by atoms with Crippen LogP contribution in [0.5, 0.6) is 0 Å². The number of carbonyl (C=O) groups is 2. The van der Waals surface area contributed by atoms with Crippen molar-refractivity contribution in [3.63, 3.8) is 0 Å². The lowest BCUT2D eigenvalue weighted by atomic mass is 9.99. The summed E-state index contributed by atoms with van der Waals surface area (Å²) in [5.41, 5.74) is -0.274. The first-order valence-corrected chi connectivity index (χ1v) is 6.94. The van der Waals surface area contributed by atoms with Gasteiger partial charge in [-0.25, -0.2) is 0 Å². The van der Waals surface area contributed by atoms with Crippen LogP contribution in [0.2, 0.25) is 0 Å². The topological polar surface area (TPSA) is 49.4 Å². The van der Waals surface area contributed by atoms with Crippen molar-refractivity contribution >= 4 is 11.8 Å². The van der Waals surface area contributed by atoms with E-state index >= 15 is 0 Å². The molecule has 0 saturated carbocycles. The molecule has 1 aliphatic heterocycles. The van der Waals surface area contributed by atoms with Gasteiger partial charge in [0.05, 0.1) is 0 Å². The first-order valence-electron chi connectivity index (χ1n) is 6.94. The molecule has 1 unspecified atom stereocenters. The van der Waals surface area contributed by atoms with Crippen LogP contribution < -0.4 is 5.32 Å². The van der Waals surface area contributed by atoms with Crippen molar-refractivity contribution < 1.29 is 9.59 Å². The third-order valence-corrected chi connectivity index (χ3v) is 3.24. The van der Waals surface area contributed by atoms with Crippen molar-refractivity contribution in [3.8, 4) is 0 Å². The maximum Gasteiger partial charge on any atom is 0.232 e. The normalized spacial score (nSPS) is 20.7. The highest BCUT2D eigenvalue weighted by atomic mass is 16.2. The number of carbonyl (C=O) groups excluding carboxylic acids is 2. The molecule has 0 spiro atoms. The Morgan fingerprint density at radius 3 is 2.50 bits per heavy atom. The second-order valence-electron chi connectivity index (χ2n) is 6.12. The number of hydrogen-bond acceptors (Lipinski definition) is 2. The Kier molecular flexibility index (Phi) is 5.17. The van der Waals surface area contributed by atoms with Gasteiger partial charge in [-0.2, -0.15) is 0 Å². The zero-order valence-corrected chi connectivity index (χ0v) is 12.1. The number of nitrogens with one attached hydrogen (secondary N) is 1. The van der Waals surface area contributed by atoms with Gasteiger partial charge in [0, 0.05) is 18.1 Å². The summed E-state index contributed by atoms with van der Waals surface area (Å²) in [6.45, 7) is 8.67. The molecule has 0 aromatic carbocycles. The first-order chi connectivity index (χ1) is 8.33. The van der Waals surface area contributed by atoms with Crippen molar-refractivity contribution in [2.45, 2.75) is 71.4 Å². The maximum atomic E-state index is 12.1. The molecule has 0 aromatic heterocycles. The molecule has 0 radical (unpaired) electrons. The SMILES string of the molecule is CCC1CCCCN1C(=O)CC(=O)NC(C)(C)C. The first kappa shape index (κ1) is 15.0. The molecule has 1 N–H and O–H groups in total. The van der Waals surface area contributed by atoms with Crippen LogP contribution in [0, 0.1) is 0 Å². The average Bonchev–Trinajstić information content (AvgIpc) is 2.26. The number of likely N-dealkylation sites (tertiary alicyclic amines) is 1. The van der Waals surface area contributed by atoms with Gasteiger partial charge in [-0.05, 0) is 46.5 Å². The van der Waals surface area contributed by atoms with Gasteiger partial charge < -0.3 is 10.2 Å². The molecule has 2 amide bonds. The summed E-state index contributed by atoms with van der Waals surface area (Å²) < 4.78 is 0. The second kappa shape index (κ2) is 6.21. The Hall–Kier alpha value is -1.06. The molecule has 0 aliphatic carbocycles. The Labute approximate surface area is 110 Å². The third-order valence-electron chi connectivity index (χ3n) is 3.24. The van der Waals surface area contributed by atoms with Gasteiger partial charge in [-0.3, -0.25) is 9.59 Å². The quantitative estimate of drug-likeness (QED) is 0.784. The van der Waals surface area contributed by atoms with Crippen LogP contribution in [0.1, 0.15) is 59.8 Å². The smallest absolute Gasteiger partial charge is 0.232 e. The fraction of sp³-hybridized carbons (Fsp3) is 0.857. The van der Waals surface area contributed by atoms with E-state index in [9.17, 15) is 9.59 Å². The van der Waals surface area contributed by atoms with E-state index in [0.29, 0.717) is 6.04 Å². The fourth-order valence-electron chi connectivity index (χ4n) is 2.45. The molecule has 1 aliphatic rings. The van der Waals surface area contributed by atoms with Crippen molar-refractivity contribution in [3.05, 3.63) is 0 Å². The summed E-state index contributed by atoms with van der Waals surface area (Å²) in [5, 5.41) is 2.84. The van der Waals surface area contributed by atoms with E-state index in [0.717, 1.165) is 25.8 Å². The van der Waals surface area contributed by atoms with Crippen LogP contribution in [0.3, 0.4) is 0 Å². The molecule has 1 saturated heterocycles. The van der Waals surface area contributed by atoms with E-state index in [-0.39, 0.29) is 23.8 Å². The highest BCUT2D eigenvalue weighted by Crippen LogP contribution is 2.20. The van der Waals surface area contributed by atoms with E-state index in [1.54, 1.807) is 0 Å². The lowest BCUT2D eigenvalue weighted by Crippen LogP contribution is -2.47. The van der Waals surface area contributed by atoms with Gasteiger partial charge >= 0.3 is 0 Å². The highest BCUT2D eigenvalue weighted by Gasteiger charge is 2.27. The van der Waals surface area contributed by atoms with E-state index in [4.69, 9.17) is 0 Å². The summed E-state index contributed by atoms with van der Waals surface area (Å²) in [4.78, 5) is 25.8. The number of nitrogens with zero attached hydrogens (tertiary/aromatic N) is 1. The van der Waals surface area contributed by atoms with Crippen LogP contribution in [0.25, 0.3) is 0 Å². The number of rotatable bonds is 3. The predicted octanol–water partition coefficient (Wildman–Crippen LogP) is 2.08. The maximum absolute atomic E-state index is 12.1. The van der Waals surface area contributed by atoms with Gasteiger partial charge in [-0.1, -0.05) is 6.92 Å². The highest BCUT2D eigenvalue weighted by molar-refractivity contribution is 5.97. The zero-order chi connectivity index (χ0) is 13.8. The molecule has 104 valence electrons. The van der Waals surface area contributed by atoms with Gasteiger partial charge in [0.1, 0.15) is 6.42 Å². The number of amides is 2. The van der Waals surface area contributed by atoms with Crippen LogP contribution >= 0.6 is 0 Å². The Bertz CT molecular complexity index is 307. The molecule has 0 aromatic rings. The van der Waals surface area contributed by atoms with E-state index in [2.05, 4.69) is 12.2 Å². The molecular weight excluding hydrogens is 228 g/mol. The van der Waals surface area contributed by atoms with Gasteiger partial charge in [0.15, 0.2) is 0 Å². The van der Waals surface area contributed by atoms with Crippen molar-refractivity contribution in [1.29, 1.82) is 0 Å². The number of piperidine rings is 1. The van der Waals surface area contributed by atoms with Crippen LogP contribution in [0.15, 0.2) is 0 Å². The Morgan fingerprint density at radius 1 is 1.28 bits per heavy atom. The molecule has 18 heavy (non-hydrogen) atoms. The van der Waals surface area contributed by atoms with Crippen LogP contribution in [-0.4, -0.2) is 34.8 Å². The van der Waals surface area contributed by atoms with Gasteiger partial charge in [-0.15, -0.1) is 0 Å². The molecular formula is C14H26N2O2. The minimum absolute atomic E-state index is 0.0201. The molecule has 0 bridgehead atoms. The van der Waals surface area contributed by atoms with Gasteiger partial charge in [0.2, 0.25) is 11.8 Å². The minimum atomic E-state index is -0.274. The summed E-state index contributed by atoms with van der Waals surface area (Å²) >= 11 is 0. The van der Waals surface area contributed by atoms with E-state index in [1.165, 1.54) is 6.42 Å². The molecule has 1 fully saturated rings. The number of hydrogen-bond donors (Lipinski definition) is 1. The van der Waals surface area contributed by atoms with Crippen LogP contribution in [-0.2, 0) is 9.59 Å². The predicted molar refractivity (Wildman–Crippen MR) is 72.2 cm³/mol. The van der Waals surface area contributed by atoms with Crippen molar-refractivity contribution in [1.82, 2.24) is 10.2 Å². The largest absolute Gasteiger partial charge is 0.351 e. The lowest BCUT2D eigenvalue weighted by Gasteiger charge is -2.35. The standard InChI is InChI=1S/C14H26N2O2/c1-5-11-8-6-7-9-16(11)13(18)10-12(17)15-14(2,3)4/h11H,5-10H2,1-4H3,(H,15,17). The molecule has 1 atom stereocenters. The second-order valence-corrected chi connectivity index (χ2v) is 6.12. The summed E-state index contributed by atoms with van der Waals surface area (Å²) in [6.07, 6.45) is 4.28. The fourth-order valence-corrected chi connectivity index (χ4v) is 2.45. The Balaban J connectivity index is 2.51. The summed E-state index contributed by atoms with van der Waals surface area (Å²) in [5.74, 6) is -0.198. The summed E-state index contributed by atoms with van der Waals surface area (Å²) in [6, 6.07) is 0.327. The van der Waals surface area contributed by atoms with E-state index in [1.807, 2.05) is 25.7 Å². The molecule has 4 nitrogen and oxygen atoms in total. The average molecular weight is 254 g/mol. The molecule has 1 heterocycles. The third kappa shape index (κ3) is 4.67. The summed E-state index contributed by atoms with van der Waals surface area (Å²) in [7, 11) is 0. The van der Waals surface area contributed by atoms with E-state index < -0.39 is 0 Å². The van der Waals surface area contributed by atoms with Crippen molar-refractivity contribution in [2.75, 3.05) is 6.54 Å². The van der Waals surface area contributed by atoms with Gasteiger partial charge in [0.25, 0.3) is 0 Å². The van der Waals surface area contributed by atoms with Crippen LogP contribution in [0.4, 0.5) is 0 Å². The minimum Gasteiger partial charge on any atom is -0.351 e. The molecule has 4 heteroatoms. The lowest BCUT2D eigenvalue weighted by molar-refractivity contribution is -0.139.